The predicted octanol–water partition coefficient (Wildman–Crippen LogP) is 3.24. The van der Waals surface area contributed by atoms with E-state index in [-0.39, 0.29) is 23.2 Å². The molecular weight excluding hydrogens is 447 g/mol. The number of pyridine rings is 2. The van der Waals surface area contributed by atoms with Crippen LogP contribution in [-0.4, -0.2) is 48.0 Å². The Morgan fingerprint density at radius 1 is 1.03 bits per heavy atom. The fraction of sp³-hybridized carbons (Fsp3) is 0.429. The maximum absolute atomic E-state index is 12.6. The number of hydrogen-bond donors (Lipinski definition) is 3. The molecule has 0 aliphatic heterocycles. The largest absolute Gasteiger partial charge is 0.417 e. The average Bonchev–Trinajstić information content (AvgIpc) is 2.76. The van der Waals surface area contributed by atoms with Crippen LogP contribution in [0.4, 0.5) is 13.2 Å². The molecule has 11 heteroatoms. The lowest BCUT2D eigenvalue weighted by molar-refractivity contribution is -0.137. The minimum Gasteiger partial charge on any atom is -0.349 e. The summed E-state index contributed by atoms with van der Waals surface area (Å²) >= 11 is 5.74. The molecule has 2 heterocycles. The molecule has 0 fully saturated rings. The van der Waals surface area contributed by atoms with Crippen molar-refractivity contribution >= 4 is 23.4 Å². The van der Waals surface area contributed by atoms with E-state index in [0.717, 1.165) is 24.8 Å². The van der Waals surface area contributed by atoms with E-state index in [0.29, 0.717) is 37.6 Å². The van der Waals surface area contributed by atoms with Crippen LogP contribution in [0.25, 0.3) is 0 Å². The first kappa shape index (κ1) is 25.5. The molecule has 2 rings (SSSR count). The summed E-state index contributed by atoms with van der Waals surface area (Å²) in [6, 6.07) is 4.35. The summed E-state index contributed by atoms with van der Waals surface area (Å²) in [5.74, 6) is -0.936. The number of aromatic nitrogens is 2. The zero-order valence-corrected chi connectivity index (χ0v) is 18.3. The summed E-state index contributed by atoms with van der Waals surface area (Å²) in [6.07, 6.45) is 0.629. The van der Waals surface area contributed by atoms with Crippen LogP contribution in [0.1, 0.15) is 51.9 Å². The number of nitrogens with one attached hydrogen (secondary N) is 3. The maximum Gasteiger partial charge on any atom is 0.417 e. The number of amides is 2. The van der Waals surface area contributed by atoms with Gasteiger partial charge in [0.05, 0.1) is 10.6 Å². The van der Waals surface area contributed by atoms with Gasteiger partial charge in [0, 0.05) is 38.6 Å². The minimum atomic E-state index is -4.58. The van der Waals surface area contributed by atoms with Gasteiger partial charge in [0.1, 0.15) is 11.4 Å². The van der Waals surface area contributed by atoms with Crippen molar-refractivity contribution in [2.45, 2.75) is 32.4 Å². The first-order valence-corrected chi connectivity index (χ1v) is 10.5. The molecule has 0 atom stereocenters. The molecule has 0 aliphatic rings. The first-order valence-electron chi connectivity index (χ1n) is 10.2. The molecule has 2 amide bonds. The van der Waals surface area contributed by atoms with Gasteiger partial charge in [0.25, 0.3) is 11.8 Å². The molecule has 0 aromatic carbocycles. The fourth-order valence-electron chi connectivity index (χ4n) is 2.72. The van der Waals surface area contributed by atoms with E-state index in [1.165, 1.54) is 0 Å². The van der Waals surface area contributed by atoms with Gasteiger partial charge in [-0.3, -0.25) is 14.6 Å². The van der Waals surface area contributed by atoms with Gasteiger partial charge in [-0.15, -0.1) is 0 Å². The number of rotatable bonds is 11. The Balaban J connectivity index is 1.66. The van der Waals surface area contributed by atoms with E-state index in [4.69, 9.17) is 11.6 Å². The van der Waals surface area contributed by atoms with Crippen molar-refractivity contribution < 1.29 is 22.8 Å². The van der Waals surface area contributed by atoms with Crippen molar-refractivity contribution in [3.8, 4) is 0 Å². The predicted molar refractivity (Wildman–Crippen MR) is 115 cm³/mol. The smallest absolute Gasteiger partial charge is 0.349 e. The molecule has 0 saturated carbocycles. The van der Waals surface area contributed by atoms with Crippen LogP contribution < -0.4 is 16.0 Å². The summed E-state index contributed by atoms with van der Waals surface area (Å²) in [5, 5.41) is 7.94. The Morgan fingerprint density at radius 2 is 1.72 bits per heavy atom. The van der Waals surface area contributed by atoms with Crippen LogP contribution in [0.5, 0.6) is 0 Å². The normalized spacial score (nSPS) is 11.3. The highest BCUT2D eigenvalue weighted by molar-refractivity contribution is 6.33. The topological polar surface area (TPSA) is 96.0 Å². The van der Waals surface area contributed by atoms with Gasteiger partial charge >= 0.3 is 6.18 Å². The van der Waals surface area contributed by atoms with Crippen molar-refractivity contribution in [1.82, 2.24) is 25.9 Å². The van der Waals surface area contributed by atoms with Gasteiger partial charge in [-0.2, -0.15) is 13.2 Å². The molecule has 32 heavy (non-hydrogen) atoms. The number of aryl methyl sites for hydroxylation is 1. The van der Waals surface area contributed by atoms with Gasteiger partial charge in [0.2, 0.25) is 0 Å². The Labute approximate surface area is 189 Å². The van der Waals surface area contributed by atoms with E-state index in [1.807, 2.05) is 6.07 Å². The monoisotopic (exact) mass is 471 g/mol. The Bertz CT molecular complexity index is 925. The zero-order chi connectivity index (χ0) is 23.6. The van der Waals surface area contributed by atoms with Crippen LogP contribution in [-0.2, 0) is 12.6 Å². The number of halogens is 4. The Hall–Kier alpha value is -2.72. The Morgan fingerprint density at radius 3 is 2.34 bits per heavy atom. The molecule has 0 spiro atoms. The van der Waals surface area contributed by atoms with Crippen molar-refractivity contribution in [2.75, 3.05) is 26.2 Å². The molecule has 0 bridgehead atoms. The van der Waals surface area contributed by atoms with Crippen molar-refractivity contribution in [3.63, 3.8) is 0 Å². The summed E-state index contributed by atoms with van der Waals surface area (Å²) in [7, 11) is 0. The van der Waals surface area contributed by atoms with Gasteiger partial charge in [0.15, 0.2) is 0 Å². The van der Waals surface area contributed by atoms with Crippen molar-refractivity contribution in [2.24, 2.45) is 0 Å². The van der Waals surface area contributed by atoms with Crippen LogP contribution >= 0.6 is 11.6 Å². The number of nitrogens with zero attached hydrogens (tertiary/aromatic N) is 2. The lowest BCUT2D eigenvalue weighted by Gasteiger charge is -2.10. The lowest BCUT2D eigenvalue weighted by Crippen LogP contribution is -2.36. The second-order valence-corrected chi connectivity index (χ2v) is 7.37. The number of carbonyl (C=O) groups excluding carboxylic acids is 2. The Kier molecular flexibility index (Phi) is 9.86. The second kappa shape index (κ2) is 12.4. The van der Waals surface area contributed by atoms with E-state index in [9.17, 15) is 22.8 Å². The van der Waals surface area contributed by atoms with Gasteiger partial charge in [-0.25, -0.2) is 4.98 Å². The highest BCUT2D eigenvalue weighted by Gasteiger charge is 2.32. The van der Waals surface area contributed by atoms with E-state index >= 15 is 0 Å². The summed E-state index contributed by atoms with van der Waals surface area (Å²) in [4.78, 5) is 31.8. The standard InChI is InChI=1S/C21H25ClF3N5O2/c1-2-3-4-14-5-6-27-17(11-14)19(31)28-9-7-26-8-10-29-20(32)18-16(22)12-15(13-30-18)21(23,24)25/h5-6,11-13,26H,2-4,7-10H2,1H3,(H,28,31)(H,29,32). The van der Waals surface area contributed by atoms with Crippen LogP contribution in [0.3, 0.4) is 0 Å². The molecule has 3 N–H and O–H groups in total. The second-order valence-electron chi connectivity index (χ2n) is 6.97. The third-order valence-electron chi connectivity index (χ3n) is 4.43. The lowest BCUT2D eigenvalue weighted by atomic mass is 10.1. The highest BCUT2D eigenvalue weighted by Crippen LogP contribution is 2.30. The summed E-state index contributed by atoms with van der Waals surface area (Å²) < 4.78 is 37.9. The van der Waals surface area contributed by atoms with Gasteiger partial charge in [-0.1, -0.05) is 24.9 Å². The molecule has 0 aliphatic carbocycles. The van der Waals surface area contributed by atoms with Gasteiger partial charge < -0.3 is 16.0 Å². The van der Waals surface area contributed by atoms with E-state index in [1.54, 1.807) is 12.3 Å². The number of alkyl halides is 3. The summed E-state index contributed by atoms with van der Waals surface area (Å²) in [6.45, 7) is 3.50. The SMILES string of the molecule is CCCCc1ccnc(C(=O)NCCNCCNC(=O)c2ncc(C(F)(F)F)cc2Cl)c1. The zero-order valence-electron chi connectivity index (χ0n) is 17.6. The van der Waals surface area contributed by atoms with Crippen LogP contribution in [0, 0.1) is 0 Å². The molecular formula is C21H25ClF3N5O2. The van der Waals surface area contributed by atoms with Crippen molar-refractivity contribution in [3.05, 3.63) is 58.1 Å². The molecule has 174 valence electrons. The third-order valence-corrected chi connectivity index (χ3v) is 4.72. The fourth-order valence-corrected chi connectivity index (χ4v) is 2.98. The number of unbranched alkanes of at least 4 members (excludes halogenated alkanes) is 1. The number of carbonyl (C=O) groups is 2. The molecule has 0 radical (unpaired) electrons. The van der Waals surface area contributed by atoms with Crippen molar-refractivity contribution in [1.29, 1.82) is 0 Å². The molecule has 7 nitrogen and oxygen atoms in total. The maximum atomic E-state index is 12.6. The molecule has 2 aromatic rings. The molecule has 0 unspecified atom stereocenters. The number of hydrogen-bond acceptors (Lipinski definition) is 5. The average molecular weight is 472 g/mol. The highest BCUT2D eigenvalue weighted by atomic mass is 35.5. The van der Waals surface area contributed by atoms with Crippen LogP contribution in [0.15, 0.2) is 30.6 Å². The molecule has 2 aromatic heterocycles. The third kappa shape index (κ3) is 8.08. The van der Waals surface area contributed by atoms with E-state index < -0.39 is 17.6 Å². The quantitative estimate of drug-likeness (QED) is 0.437. The van der Waals surface area contributed by atoms with Crippen LogP contribution in [0.2, 0.25) is 5.02 Å². The van der Waals surface area contributed by atoms with Gasteiger partial charge in [-0.05, 0) is 36.6 Å². The minimum absolute atomic E-state index is 0.201. The van der Waals surface area contributed by atoms with E-state index in [2.05, 4.69) is 32.8 Å². The molecule has 0 saturated heterocycles. The summed E-state index contributed by atoms with van der Waals surface area (Å²) in [5.41, 5.74) is 0.140. The first-order chi connectivity index (χ1) is 15.2.